The summed E-state index contributed by atoms with van der Waals surface area (Å²) in [6, 6.07) is 15.8. The van der Waals surface area contributed by atoms with E-state index in [1.807, 2.05) is 30.3 Å². The van der Waals surface area contributed by atoms with Gasteiger partial charge in [-0.25, -0.2) is 4.39 Å². The third kappa shape index (κ3) is 5.25. The number of ether oxygens (including phenoxy) is 1. The maximum atomic E-state index is 13.4. The Morgan fingerprint density at radius 1 is 1.18 bits per heavy atom. The van der Waals surface area contributed by atoms with Crippen molar-refractivity contribution >= 4 is 11.8 Å². The molecule has 33 heavy (non-hydrogen) atoms. The van der Waals surface area contributed by atoms with E-state index in [0.717, 1.165) is 42.1 Å². The molecule has 1 unspecified atom stereocenters. The third-order valence-corrected chi connectivity index (χ3v) is 6.17. The first-order valence-electron chi connectivity index (χ1n) is 11.4. The minimum Gasteiger partial charge on any atom is -0.383 e. The maximum absolute atomic E-state index is 13.4. The van der Waals surface area contributed by atoms with E-state index >= 15 is 0 Å². The number of benzene rings is 2. The fraction of sp³-hybridized carbons (Fsp3) is 0.385. The number of carbonyl (C=O) groups is 1. The summed E-state index contributed by atoms with van der Waals surface area (Å²) >= 11 is 0. The van der Waals surface area contributed by atoms with E-state index in [0.29, 0.717) is 31.3 Å². The number of halogens is 1. The standard InChI is InChI=1S/C26H30FN3O3/c1-19-8-6-7-15-30(19)26-23(24(28-33-26)20-9-4-3-5-10-20)18-29(16-17-32-2)25(31)21-11-13-22(27)14-12-21/h3-5,9-14,19H,6-8,15-18H2,1-2H3. The summed E-state index contributed by atoms with van der Waals surface area (Å²) in [5.74, 6) is 0.155. The largest absolute Gasteiger partial charge is 0.383 e. The van der Waals surface area contributed by atoms with Crippen LogP contribution < -0.4 is 4.90 Å². The van der Waals surface area contributed by atoms with Gasteiger partial charge in [0, 0.05) is 37.4 Å². The van der Waals surface area contributed by atoms with Gasteiger partial charge < -0.3 is 19.1 Å². The van der Waals surface area contributed by atoms with E-state index in [9.17, 15) is 9.18 Å². The number of nitrogens with zero attached hydrogens (tertiary/aromatic N) is 3. The van der Waals surface area contributed by atoms with Crippen LogP contribution >= 0.6 is 0 Å². The van der Waals surface area contributed by atoms with Crippen molar-refractivity contribution in [3.8, 4) is 11.3 Å². The molecule has 6 nitrogen and oxygen atoms in total. The molecule has 4 rings (SSSR count). The highest BCUT2D eigenvalue weighted by atomic mass is 19.1. The Labute approximate surface area is 193 Å². The SMILES string of the molecule is COCCN(Cc1c(-c2ccccc2)noc1N1CCCCC1C)C(=O)c1ccc(F)cc1. The smallest absolute Gasteiger partial charge is 0.254 e. The monoisotopic (exact) mass is 451 g/mol. The quantitative estimate of drug-likeness (QED) is 0.474. The summed E-state index contributed by atoms with van der Waals surface area (Å²) in [6.07, 6.45) is 3.37. The molecule has 174 valence electrons. The highest BCUT2D eigenvalue weighted by Gasteiger charge is 2.30. The summed E-state index contributed by atoms with van der Waals surface area (Å²) in [4.78, 5) is 17.3. The molecule has 0 radical (unpaired) electrons. The predicted octanol–water partition coefficient (Wildman–Crippen LogP) is 5.15. The van der Waals surface area contributed by atoms with Crippen LogP contribution in [0.4, 0.5) is 10.3 Å². The average Bonchev–Trinajstić information content (AvgIpc) is 3.26. The van der Waals surface area contributed by atoms with Gasteiger partial charge in [0.2, 0.25) is 5.88 Å². The van der Waals surface area contributed by atoms with Crippen LogP contribution in [0.2, 0.25) is 0 Å². The number of hydrogen-bond acceptors (Lipinski definition) is 5. The van der Waals surface area contributed by atoms with Gasteiger partial charge >= 0.3 is 0 Å². The van der Waals surface area contributed by atoms with Crippen molar-refractivity contribution < 1.29 is 18.4 Å². The first kappa shape index (κ1) is 23.0. The topological polar surface area (TPSA) is 58.8 Å². The van der Waals surface area contributed by atoms with Gasteiger partial charge in [-0.1, -0.05) is 35.5 Å². The summed E-state index contributed by atoms with van der Waals surface area (Å²) in [7, 11) is 1.61. The van der Waals surface area contributed by atoms with E-state index in [4.69, 9.17) is 9.26 Å². The first-order valence-corrected chi connectivity index (χ1v) is 11.4. The highest BCUT2D eigenvalue weighted by Crippen LogP contribution is 2.35. The number of carbonyl (C=O) groups excluding carboxylic acids is 1. The van der Waals surface area contributed by atoms with Crippen LogP contribution in [0.5, 0.6) is 0 Å². The summed E-state index contributed by atoms with van der Waals surface area (Å²) < 4.78 is 24.6. The molecule has 1 fully saturated rings. The fourth-order valence-corrected chi connectivity index (χ4v) is 4.31. The second-order valence-corrected chi connectivity index (χ2v) is 8.45. The second kappa shape index (κ2) is 10.6. The molecule has 0 saturated carbocycles. The molecule has 0 spiro atoms. The highest BCUT2D eigenvalue weighted by molar-refractivity contribution is 5.94. The van der Waals surface area contributed by atoms with Gasteiger partial charge in [-0.3, -0.25) is 4.79 Å². The van der Waals surface area contributed by atoms with Crippen molar-refractivity contribution in [3.63, 3.8) is 0 Å². The normalized spacial score (nSPS) is 16.1. The van der Waals surface area contributed by atoms with Crippen LogP contribution in [0, 0.1) is 5.82 Å². The van der Waals surface area contributed by atoms with Gasteiger partial charge in [0.05, 0.1) is 18.7 Å². The van der Waals surface area contributed by atoms with Gasteiger partial charge in [-0.15, -0.1) is 0 Å². The zero-order valence-corrected chi connectivity index (χ0v) is 19.2. The molecule has 1 atom stereocenters. The number of amides is 1. The molecule has 0 N–H and O–H groups in total. The van der Waals surface area contributed by atoms with Crippen LogP contribution in [0.1, 0.15) is 42.1 Å². The fourth-order valence-electron chi connectivity index (χ4n) is 4.31. The second-order valence-electron chi connectivity index (χ2n) is 8.45. The summed E-state index contributed by atoms with van der Waals surface area (Å²) in [5, 5.41) is 4.44. The van der Waals surface area contributed by atoms with Crippen molar-refractivity contribution in [2.45, 2.75) is 38.8 Å². The van der Waals surface area contributed by atoms with Crippen molar-refractivity contribution in [1.82, 2.24) is 10.1 Å². The molecular formula is C26H30FN3O3. The van der Waals surface area contributed by atoms with E-state index in [1.165, 1.54) is 30.7 Å². The zero-order chi connectivity index (χ0) is 23.2. The molecule has 1 aromatic heterocycles. The van der Waals surface area contributed by atoms with E-state index in [2.05, 4.69) is 17.0 Å². The third-order valence-electron chi connectivity index (χ3n) is 6.17. The van der Waals surface area contributed by atoms with Crippen LogP contribution in [0.25, 0.3) is 11.3 Å². The van der Waals surface area contributed by atoms with Crippen molar-refractivity contribution in [2.75, 3.05) is 31.7 Å². The molecule has 2 aromatic carbocycles. The van der Waals surface area contributed by atoms with Crippen molar-refractivity contribution in [3.05, 3.63) is 71.5 Å². The maximum Gasteiger partial charge on any atom is 0.254 e. The summed E-state index contributed by atoms with van der Waals surface area (Å²) in [6.45, 7) is 4.17. The van der Waals surface area contributed by atoms with Crippen LogP contribution in [0.15, 0.2) is 59.1 Å². The van der Waals surface area contributed by atoms with E-state index < -0.39 is 0 Å². The lowest BCUT2D eigenvalue weighted by Gasteiger charge is -2.34. The van der Waals surface area contributed by atoms with Crippen molar-refractivity contribution in [2.24, 2.45) is 0 Å². The lowest BCUT2D eigenvalue weighted by Crippen LogP contribution is -2.39. The van der Waals surface area contributed by atoms with Gasteiger partial charge in [-0.05, 0) is 50.5 Å². The molecule has 7 heteroatoms. The molecule has 2 heterocycles. The minimum atomic E-state index is -0.373. The molecule has 0 aliphatic carbocycles. The number of methoxy groups -OCH3 is 1. The predicted molar refractivity (Wildman–Crippen MR) is 126 cm³/mol. The van der Waals surface area contributed by atoms with E-state index in [-0.39, 0.29) is 11.7 Å². The minimum absolute atomic E-state index is 0.190. The Bertz CT molecular complexity index is 1050. The Morgan fingerprint density at radius 2 is 1.94 bits per heavy atom. The van der Waals surface area contributed by atoms with Gasteiger partial charge in [0.1, 0.15) is 11.5 Å². The molecule has 0 bridgehead atoms. The Balaban J connectivity index is 1.72. The number of anilines is 1. The van der Waals surface area contributed by atoms with Gasteiger partial charge in [0.15, 0.2) is 0 Å². The van der Waals surface area contributed by atoms with Gasteiger partial charge in [0.25, 0.3) is 5.91 Å². The first-order chi connectivity index (χ1) is 16.1. The molecule has 1 saturated heterocycles. The number of piperidine rings is 1. The molecule has 1 aliphatic rings. The van der Waals surface area contributed by atoms with Crippen LogP contribution in [0.3, 0.4) is 0 Å². The van der Waals surface area contributed by atoms with Crippen LogP contribution in [-0.4, -0.2) is 48.8 Å². The molecular weight excluding hydrogens is 421 g/mol. The van der Waals surface area contributed by atoms with Crippen molar-refractivity contribution in [1.29, 1.82) is 0 Å². The lowest BCUT2D eigenvalue weighted by atomic mass is 10.0. The summed E-state index contributed by atoms with van der Waals surface area (Å²) in [5.41, 5.74) is 2.98. The number of rotatable bonds is 8. The van der Waals surface area contributed by atoms with Crippen LogP contribution in [-0.2, 0) is 11.3 Å². The Kier molecular flexibility index (Phi) is 7.40. The van der Waals surface area contributed by atoms with Gasteiger partial charge in [-0.2, -0.15) is 0 Å². The zero-order valence-electron chi connectivity index (χ0n) is 19.2. The molecule has 3 aromatic rings. The molecule has 1 amide bonds. The number of hydrogen-bond donors (Lipinski definition) is 0. The average molecular weight is 452 g/mol. The van der Waals surface area contributed by atoms with E-state index in [1.54, 1.807) is 12.0 Å². The number of aromatic nitrogens is 1. The lowest BCUT2D eigenvalue weighted by molar-refractivity contribution is 0.0680. The Hall–Kier alpha value is -3.19. The molecule has 1 aliphatic heterocycles. The Morgan fingerprint density at radius 3 is 2.64 bits per heavy atom.